The molecule has 0 bridgehead atoms. The molecule has 0 spiro atoms. The fourth-order valence-corrected chi connectivity index (χ4v) is 3.02. The van der Waals surface area contributed by atoms with Crippen molar-refractivity contribution >= 4 is 17.7 Å². The molecule has 3 rings (SSSR count). The molecule has 1 amide bonds. The number of hydrogen-bond acceptors (Lipinski definition) is 7. The summed E-state index contributed by atoms with van der Waals surface area (Å²) < 4.78 is 25.6. The van der Waals surface area contributed by atoms with Crippen molar-refractivity contribution in [3.8, 4) is 11.4 Å². The molecule has 174 valence electrons. The number of carbonyl (C=O) groups is 2. The second-order valence-electron chi connectivity index (χ2n) is 8.41. The van der Waals surface area contributed by atoms with E-state index in [4.69, 9.17) is 9.47 Å². The molecule has 1 N–H and O–H groups in total. The number of ether oxygens (including phenoxy) is 2. The summed E-state index contributed by atoms with van der Waals surface area (Å²) in [6.07, 6.45) is 3.12. The fraction of sp³-hybridized carbons (Fsp3) is 0.348. The number of carbonyl (C=O) groups excluding carboxylic acids is 2. The van der Waals surface area contributed by atoms with Gasteiger partial charge in [0, 0.05) is 7.05 Å². The molecule has 0 saturated carbocycles. The third-order valence-electron chi connectivity index (χ3n) is 4.54. The molecule has 0 radical (unpaired) electrons. The van der Waals surface area contributed by atoms with Crippen molar-refractivity contribution < 1.29 is 23.5 Å². The summed E-state index contributed by atoms with van der Waals surface area (Å²) in [5.74, 6) is -0.565. The van der Waals surface area contributed by atoms with Gasteiger partial charge in [0.1, 0.15) is 17.5 Å². The highest BCUT2D eigenvalue weighted by atomic mass is 19.1. The summed E-state index contributed by atoms with van der Waals surface area (Å²) in [7, 11) is 1.69. The molecular weight excluding hydrogens is 429 g/mol. The molecule has 33 heavy (non-hydrogen) atoms. The predicted octanol–water partition coefficient (Wildman–Crippen LogP) is 4.21. The molecule has 0 aliphatic heterocycles. The number of amides is 1. The highest BCUT2D eigenvalue weighted by Gasteiger charge is 2.20. The zero-order valence-electron chi connectivity index (χ0n) is 19.1. The van der Waals surface area contributed by atoms with E-state index >= 15 is 0 Å². The van der Waals surface area contributed by atoms with Gasteiger partial charge in [-0.1, -0.05) is 12.1 Å². The van der Waals surface area contributed by atoms with E-state index in [2.05, 4.69) is 20.4 Å². The van der Waals surface area contributed by atoms with Crippen LogP contribution in [-0.4, -0.2) is 37.4 Å². The van der Waals surface area contributed by atoms with Gasteiger partial charge in [0.05, 0.1) is 42.0 Å². The molecule has 10 heteroatoms. The van der Waals surface area contributed by atoms with E-state index in [1.54, 1.807) is 57.8 Å². The Labute approximate surface area is 191 Å². The van der Waals surface area contributed by atoms with Gasteiger partial charge in [-0.2, -0.15) is 5.10 Å². The zero-order chi connectivity index (χ0) is 24.2. The summed E-state index contributed by atoms with van der Waals surface area (Å²) in [6, 6.07) is 5.91. The van der Waals surface area contributed by atoms with Crippen molar-refractivity contribution in [1.82, 2.24) is 19.7 Å². The third-order valence-corrected chi connectivity index (χ3v) is 4.54. The molecule has 2 aromatic heterocycles. The van der Waals surface area contributed by atoms with Gasteiger partial charge in [0.15, 0.2) is 5.82 Å². The average Bonchev–Trinajstić information content (AvgIpc) is 3.07. The summed E-state index contributed by atoms with van der Waals surface area (Å²) in [4.78, 5) is 33.0. The predicted molar refractivity (Wildman–Crippen MR) is 119 cm³/mol. The van der Waals surface area contributed by atoms with Gasteiger partial charge in [0.25, 0.3) is 0 Å². The highest BCUT2D eigenvalue weighted by Crippen LogP contribution is 2.23. The summed E-state index contributed by atoms with van der Waals surface area (Å²) >= 11 is 0. The minimum atomic E-state index is -0.629. The van der Waals surface area contributed by atoms with Crippen molar-refractivity contribution in [2.45, 2.75) is 45.8 Å². The zero-order valence-corrected chi connectivity index (χ0v) is 19.1. The molecule has 3 aromatic rings. The number of esters is 1. The van der Waals surface area contributed by atoms with Gasteiger partial charge in [0.2, 0.25) is 0 Å². The topological polar surface area (TPSA) is 108 Å². The molecule has 0 aliphatic carbocycles. The van der Waals surface area contributed by atoms with Crippen molar-refractivity contribution in [3.63, 3.8) is 0 Å². The first-order valence-corrected chi connectivity index (χ1v) is 10.3. The normalized spacial score (nSPS) is 12.2. The average molecular weight is 455 g/mol. The van der Waals surface area contributed by atoms with Crippen LogP contribution in [0.15, 0.2) is 42.9 Å². The Bertz CT molecular complexity index is 1140. The van der Waals surface area contributed by atoms with E-state index in [1.165, 1.54) is 24.5 Å². The second kappa shape index (κ2) is 9.76. The Morgan fingerprint density at radius 3 is 2.52 bits per heavy atom. The Balaban J connectivity index is 1.69. The number of anilines is 1. The summed E-state index contributed by atoms with van der Waals surface area (Å²) in [6.45, 7) is 6.97. The minimum absolute atomic E-state index is 0.0766. The largest absolute Gasteiger partial charge is 0.457 e. The Hall–Kier alpha value is -3.82. The van der Waals surface area contributed by atoms with Gasteiger partial charge in [-0.25, -0.2) is 19.2 Å². The van der Waals surface area contributed by atoms with E-state index in [1.807, 2.05) is 0 Å². The lowest BCUT2D eigenvalue weighted by Crippen LogP contribution is -2.27. The minimum Gasteiger partial charge on any atom is -0.457 e. The quantitative estimate of drug-likeness (QED) is 0.555. The number of halogens is 1. The number of rotatable bonds is 6. The number of nitrogens with zero attached hydrogens (tertiary/aromatic N) is 4. The molecule has 1 atom stereocenters. The molecule has 0 saturated heterocycles. The lowest BCUT2D eigenvalue weighted by molar-refractivity contribution is -0.147. The summed E-state index contributed by atoms with van der Waals surface area (Å²) in [5, 5.41) is 6.76. The standard InChI is InChI=1S/C23H26FN5O4/c1-14(15-7-6-8-16(24)9-15)32-20(30)10-19-18(13-27-29(19)5)21-25-11-17(12-26-21)28-22(31)33-23(2,3)4/h6-9,11-14H,10H2,1-5H3,(H,28,31)/t14-/m1/s1. The molecular formula is C23H26FN5O4. The number of aromatic nitrogens is 4. The van der Waals surface area contributed by atoms with Crippen LogP contribution in [0.25, 0.3) is 11.4 Å². The lowest BCUT2D eigenvalue weighted by Gasteiger charge is -2.19. The Morgan fingerprint density at radius 1 is 1.18 bits per heavy atom. The van der Waals surface area contributed by atoms with Crippen LogP contribution in [-0.2, 0) is 27.7 Å². The number of benzene rings is 1. The smallest absolute Gasteiger partial charge is 0.412 e. The molecule has 1 aromatic carbocycles. The first-order chi connectivity index (χ1) is 15.5. The van der Waals surface area contributed by atoms with E-state index in [0.29, 0.717) is 28.3 Å². The van der Waals surface area contributed by atoms with Gasteiger partial charge in [-0.05, 0) is 45.4 Å². The molecule has 2 heterocycles. The van der Waals surface area contributed by atoms with E-state index in [9.17, 15) is 14.0 Å². The number of aryl methyl sites for hydroxylation is 1. The summed E-state index contributed by atoms with van der Waals surface area (Å²) in [5.41, 5.74) is 1.40. The third kappa shape index (κ3) is 6.58. The van der Waals surface area contributed by atoms with Crippen LogP contribution in [0.1, 0.15) is 45.1 Å². The van der Waals surface area contributed by atoms with Crippen LogP contribution in [0.2, 0.25) is 0 Å². The van der Waals surface area contributed by atoms with Crippen molar-refractivity contribution in [2.75, 3.05) is 5.32 Å². The fourth-order valence-electron chi connectivity index (χ4n) is 3.02. The van der Waals surface area contributed by atoms with Gasteiger partial charge in [-0.15, -0.1) is 0 Å². The van der Waals surface area contributed by atoms with Crippen molar-refractivity contribution in [3.05, 3.63) is 59.9 Å². The van der Waals surface area contributed by atoms with Gasteiger partial charge < -0.3 is 9.47 Å². The maximum absolute atomic E-state index is 13.4. The first-order valence-electron chi connectivity index (χ1n) is 10.3. The van der Waals surface area contributed by atoms with Crippen LogP contribution >= 0.6 is 0 Å². The van der Waals surface area contributed by atoms with Crippen LogP contribution < -0.4 is 5.32 Å². The van der Waals surface area contributed by atoms with Gasteiger partial charge in [-0.3, -0.25) is 14.8 Å². The van der Waals surface area contributed by atoms with E-state index < -0.39 is 29.6 Å². The first kappa shape index (κ1) is 23.8. The van der Waals surface area contributed by atoms with Crippen LogP contribution in [0.3, 0.4) is 0 Å². The van der Waals surface area contributed by atoms with Gasteiger partial charge >= 0.3 is 12.1 Å². The maximum Gasteiger partial charge on any atom is 0.412 e. The Morgan fingerprint density at radius 2 is 1.88 bits per heavy atom. The molecule has 0 fully saturated rings. The molecule has 9 nitrogen and oxygen atoms in total. The van der Waals surface area contributed by atoms with Crippen molar-refractivity contribution in [1.29, 1.82) is 0 Å². The lowest BCUT2D eigenvalue weighted by atomic mass is 10.1. The monoisotopic (exact) mass is 455 g/mol. The van der Waals surface area contributed by atoms with Crippen LogP contribution in [0, 0.1) is 5.82 Å². The SMILES string of the molecule is C[C@@H](OC(=O)Cc1c(-c2ncc(NC(=O)OC(C)(C)C)cn2)cnn1C)c1cccc(F)c1. The van der Waals surface area contributed by atoms with E-state index in [-0.39, 0.29) is 6.42 Å². The van der Waals surface area contributed by atoms with E-state index in [0.717, 1.165) is 0 Å². The number of hydrogen-bond donors (Lipinski definition) is 1. The van der Waals surface area contributed by atoms with Crippen molar-refractivity contribution in [2.24, 2.45) is 7.05 Å². The maximum atomic E-state index is 13.4. The second-order valence-corrected chi connectivity index (χ2v) is 8.41. The Kier molecular flexibility index (Phi) is 7.05. The molecule has 0 aliphatic rings. The van der Waals surface area contributed by atoms with Crippen LogP contribution in [0.5, 0.6) is 0 Å². The molecule has 0 unspecified atom stereocenters. The number of nitrogens with one attached hydrogen (secondary N) is 1. The van der Waals surface area contributed by atoms with Crippen LogP contribution in [0.4, 0.5) is 14.9 Å². The highest BCUT2D eigenvalue weighted by molar-refractivity contribution is 5.84.